The molecule has 0 radical (unpaired) electrons. The molecule has 0 aliphatic carbocycles. The molecule has 44 heavy (non-hydrogen) atoms. The maximum atomic E-state index is 14.0. The molecule has 1 aliphatic heterocycles. The third kappa shape index (κ3) is 7.07. The van der Waals surface area contributed by atoms with Crippen LogP contribution in [-0.2, 0) is 41.9 Å². The van der Waals surface area contributed by atoms with Crippen LogP contribution in [-0.4, -0.2) is 55.7 Å². The Balaban J connectivity index is 1.25. The van der Waals surface area contributed by atoms with Crippen LogP contribution in [0.5, 0.6) is 5.75 Å². The summed E-state index contributed by atoms with van der Waals surface area (Å²) in [6.07, 6.45) is -1.65. The Bertz CT molecular complexity index is 1640. The fraction of sp³-hybridized carbons (Fsp3) is 0.258. The van der Waals surface area contributed by atoms with Crippen LogP contribution in [0.1, 0.15) is 28.7 Å². The van der Waals surface area contributed by atoms with Gasteiger partial charge in [-0.2, -0.15) is 0 Å². The Morgan fingerprint density at radius 2 is 1.89 bits per heavy atom. The Morgan fingerprint density at radius 3 is 2.59 bits per heavy atom. The van der Waals surface area contributed by atoms with Crippen molar-refractivity contribution >= 4 is 29.7 Å². The Kier molecular flexibility index (Phi) is 9.28. The number of ether oxygens (including phenoxy) is 1. The maximum absolute atomic E-state index is 14.0. The van der Waals surface area contributed by atoms with E-state index in [0.717, 1.165) is 21.3 Å². The molecule has 0 spiro atoms. The second-order valence-corrected chi connectivity index (χ2v) is 10.9. The minimum absolute atomic E-state index is 0.0210. The molecule has 4 N–H and O–H groups in total. The van der Waals surface area contributed by atoms with Gasteiger partial charge in [-0.25, -0.2) is 13.9 Å². The first-order valence-corrected chi connectivity index (χ1v) is 14.1. The maximum Gasteiger partial charge on any atom is 0.376 e. The normalized spacial score (nSPS) is 13.0. The molecule has 3 aromatic carbocycles. The molecule has 0 fully saturated rings. The number of aliphatic hydroxyl groups is 3. The minimum Gasteiger partial charge on any atom is -0.489 e. The number of rotatable bonds is 12. The van der Waals surface area contributed by atoms with Crippen molar-refractivity contribution in [2.45, 2.75) is 38.8 Å². The molecule has 0 bridgehead atoms. The van der Waals surface area contributed by atoms with E-state index >= 15 is 0 Å². The van der Waals surface area contributed by atoms with Gasteiger partial charge in [-0.15, -0.1) is 0 Å². The number of imidazole rings is 1. The SMILES string of the molecule is CN(CCC(=O)NC=O)c1cnc(-c2ccc3c(c2)CN(Cc2ccc(OCc4c(F)cccc4Cl)cc2)C3)n1C(O)(O)O. The number of imide groups is 1. The summed E-state index contributed by atoms with van der Waals surface area (Å²) < 4.78 is 20.6. The number of nitrogens with one attached hydrogen (secondary N) is 1. The van der Waals surface area contributed by atoms with Crippen molar-refractivity contribution in [1.82, 2.24) is 19.8 Å². The van der Waals surface area contributed by atoms with E-state index in [4.69, 9.17) is 16.3 Å². The zero-order valence-corrected chi connectivity index (χ0v) is 24.5. The summed E-state index contributed by atoms with van der Waals surface area (Å²) in [6, 6.07) is 17.7. The van der Waals surface area contributed by atoms with Crippen LogP contribution < -0.4 is 15.0 Å². The number of hydrogen-bond acceptors (Lipinski definition) is 9. The van der Waals surface area contributed by atoms with Crippen LogP contribution in [0, 0.1) is 5.82 Å². The summed E-state index contributed by atoms with van der Waals surface area (Å²) in [5, 5.41) is 32.9. The van der Waals surface area contributed by atoms with Crippen LogP contribution in [0.4, 0.5) is 10.2 Å². The summed E-state index contributed by atoms with van der Waals surface area (Å²) in [5.41, 5.74) is 4.06. The number of fused-ring (bicyclic) bond motifs is 1. The molecule has 2 amide bonds. The molecule has 11 nitrogen and oxygen atoms in total. The van der Waals surface area contributed by atoms with Crippen molar-refractivity contribution in [1.29, 1.82) is 0 Å². The lowest BCUT2D eigenvalue weighted by Crippen LogP contribution is -2.37. The number of nitrogens with zero attached hydrogens (tertiary/aromatic N) is 4. The molecule has 1 aliphatic rings. The van der Waals surface area contributed by atoms with Gasteiger partial charge in [-0.05, 0) is 47.0 Å². The molecule has 0 unspecified atom stereocenters. The number of carbonyl (C=O) groups excluding carboxylic acids is 2. The highest BCUT2D eigenvalue weighted by Gasteiger charge is 2.31. The van der Waals surface area contributed by atoms with Gasteiger partial charge in [0, 0.05) is 50.8 Å². The fourth-order valence-electron chi connectivity index (χ4n) is 5.12. The van der Waals surface area contributed by atoms with Crippen LogP contribution in [0.15, 0.2) is 66.9 Å². The van der Waals surface area contributed by atoms with E-state index in [1.54, 1.807) is 25.2 Å². The fourth-order valence-corrected chi connectivity index (χ4v) is 5.34. The number of amides is 2. The van der Waals surface area contributed by atoms with Crippen molar-refractivity contribution in [2.24, 2.45) is 0 Å². The van der Waals surface area contributed by atoms with E-state index in [0.29, 0.717) is 47.9 Å². The topological polar surface area (TPSA) is 140 Å². The van der Waals surface area contributed by atoms with Crippen molar-refractivity contribution in [3.63, 3.8) is 0 Å². The van der Waals surface area contributed by atoms with Crippen LogP contribution in [0.3, 0.4) is 0 Å². The third-order valence-corrected chi connectivity index (χ3v) is 7.71. The average molecular weight is 624 g/mol. The predicted octanol–water partition coefficient (Wildman–Crippen LogP) is 3.08. The molecule has 0 atom stereocenters. The first kappa shape index (κ1) is 31.1. The average Bonchev–Trinajstić information content (AvgIpc) is 3.61. The summed E-state index contributed by atoms with van der Waals surface area (Å²) in [5.74, 6) is -0.0501. The van der Waals surface area contributed by atoms with Gasteiger partial charge in [0.1, 0.15) is 29.8 Å². The van der Waals surface area contributed by atoms with E-state index < -0.39 is 17.8 Å². The highest BCUT2D eigenvalue weighted by molar-refractivity contribution is 6.31. The molecule has 4 aromatic rings. The van der Waals surface area contributed by atoms with Gasteiger partial charge >= 0.3 is 6.10 Å². The van der Waals surface area contributed by atoms with Gasteiger partial charge in [-0.1, -0.05) is 41.9 Å². The Morgan fingerprint density at radius 1 is 1.14 bits per heavy atom. The molecule has 13 heteroatoms. The van der Waals surface area contributed by atoms with Crippen molar-refractivity contribution in [3.8, 4) is 17.1 Å². The molecular weight excluding hydrogens is 593 g/mol. The van der Waals surface area contributed by atoms with Crippen LogP contribution in [0.2, 0.25) is 5.02 Å². The van der Waals surface area contributed by atoms with Gasteiger partial charge in [-0.3, -0.25) is 19.8 Å². The monoisotopic (exact) mass is 623 g/mol. The van der Waals surface area contributed by atoms with E-state index in [-0.39, 0.29) is 31.2 Å². The van der Waals surface area contributed by atoms with Crippen molar-refractivity contribution in [3.05, 3.63) is 100.0 Å². The zero-order chi connectivity index (χ0) is 31.4. The lowest BCUT2D eigenvalue weighted by molar-refractivity contribution is -0.373. The van der Waals surface area contributed by atoms with E-state index in [9.17, 15) is 29.3 Å². The summed E-state index contributed by atoms with van der Waals surface area (Å²) in [6.45, 7) is 2.14. The number of carbonyl (C=O) groups is 2. The Labute approximate surface area is 257 Å². The molecule has 0 saturated heterocycles. The van der Waals surface area contributed by atoms with Crippen LogP contribution >= 0.6 is 11.6 Å². The predicted molar refractivity (Wildman–Crippen MR) is 160 cm³/mol. The second-order valence-electron chi connectivity index (χ2n) is 10.5. The van der Waals surface area contributed by atoms with Gasteiger partial charge in [0.25, 0.3) is 0 Å². The highest BCUT2D eigenvalue weighted by atomic mass is 35.5. The van der Waals surface area contributed by atoms with Crippen molar-refractivity contribution in [2.75, 3.05) is 18.5 Å². The third-order valence-electron chi connectivity index (χ3n) is 7.36. The number of anilines is 1. The lowest BCUT2D eigenvalue weighted by Gasteiger charge is -2.26. The molecule has 5 rings (SSSR count). The van der Waals surface area contributed by atoms with Gasteiger partial charge in [0.2, 0.25) is 12.3 Å². The zero-order valence-electron chi connectivity index (χ0n) is 23.8. The standard InChI is InChI=1S/C31H31ClFN5O6/c1-36(12-11-28(40)35-19-39)29-14-34-30(38(29)31(41,42)43)21-7-8-22-16-37(17-23(22)13-21)15-20-5-9-24(10-6-20)44-18-25-26(32)3-2-4-27(25)33/h2-10,13-14,19,41-43H,11-12,15-18H2,1H3,(H,35,39,40). The molecule has 1 aromatic heterocycles. The Hall–Kier alpha value is -4.33. The van der Waals surface area contributed by atoms with Crippen molar-refractivity contribution < 1.29 is 34.0 Å². The van der Waals surface area contributed by atoms with E-state index in [1.165, 1.54) is 17.2 Å². The van der Waals surface area contributed by atoms with Gasteiger partial charge < -0.3 is 25.0 Å². The number of hydrogen-bond donors (Lipinski definition) is 4. The van der Waals surface area contributed by atoms with E-state index in [1.807, 2.05) is 41.7 Å². The lowest BCUT2D eigenvalue weighted by atomic mass is 10.1. The van der Waals surface area contributed by atoms with Gasteiger partial charge in [0.05, 0.1) is 11.2 Å². The first-order chi connectivity index (χ1) is 21.0. The van der Waals surface area contributed by atoms with E-state index in [2.05, 4.69) is 9.88 Å². The first-order valence-electron chi connectivity index (χ1n) is 13.7. The van der Waals surface area contributed by atoms with Gasteiger partial charge in [0.15, 0.2) is 0 Å². The molecule has 230 valence electrons. The number of aromatic nitrogens is 2. The second kappa shape index (κ2) is 13.1. The summed E-state index contributed by atoms with van der Waals surface area (Å²) in [4.78, 5) is 30.3. The molecular formula is C31H31ClFN5O6. The smallest absolute Gasteiger partial charge is 0.376 e. The van der Waals surface area contributed by atoms with Crippen LogP contribution in [0.25, 0.3) is 11.4 Å². The largest absolute Gasteiger partial charge is 0.489 e. The number of halogens is 2. The summed E-state index contributed by atoms with van der Waals surface area (Å²) >= 11 is 6.08. The minimum atomic E-state index is -3.26. The highest BCUT2D eigenvalue weighted by Crippen LogP contribution is 2.33. The molecule has 0 saturated carbocycles. The summed E-state index contributed by atoms with van der Waals surface area (Å²) in [7, 11) is 1.59. The number of benzene rings is 3. The quantitative estimate of drug-likeness (QED) is 0.138. The molecule has 2 heterocycles.